The highest BCUT2D eigenvalue weighted by atomic mass is 16.5. The van der Waals surface area contributed by atoms with E-state index in [1.807, 2.05) is 48.5 Å². The molecule has 6 heteroatoms. The first-order valence-electron chi connectivity index (χ1n) is 8.97. The third kappa shape index (κ3) is 4.80. The third-order valence-corrected chi connectivity index (χ3v) is 4.39. The molecule has 0 spiro atoms. The van der Waals surface area contributed by atoms with Gasteiger partial charge in [0.05, 0.1) is 30.8 Å². The standard InChI is InChI=1S/C21H23N3O3/c1-27-14-13-24-21(26)18-10-6-5-9-17(18)19(23-24)15-22-20(25)12-11-16-7-3-2-4-8-16/h2-10H,11-15H2,1H3,(H,22,25). The second kappa shape index (κ2) is 9.09. The fourth-order valence-corrected chi connectivity index (χ4v) is 2.94. The van der Waals surface area contributed by atoms with Crippen molar-refractivity contribution in [3.05, 3.63) is 76.2 Å². The summed E-state index contributed by atoms with van der Waals surface area (Å²) in [7, 11) is 1.58. The van der Waals surface area contributed by atoms with Gasteiger partial charge in [-0.2, -0.15) is 5.10 Å². The zero-order valence-corrected chi connectivity index (χ0v) is 15.4. The molecule has 0 aliphatic carbocycles. The Morgan fingerprint density at radius 2 is 1.78 bits per heavy atom. The molecular formula is C21H23N3O3. The summed E-state index contributed by atoms with van der Waals surface area (Å²) in [6.45, 7) is 1.05. The van der Waals surface area contributed by atoms with E-state index < -0.39 is 0 Å². The van der Waals surface area contributed by atoms with Crippen LogP contribution in [0.25, 0.3) is 10.8 Å². The Labute approximate surface area is 157 Å². The molecule has 0 fully saturated rings. The average molecular weight is 365 g/mol. The zero-order valence-electron chi connectivity index (χ0n) is 15.4. The topological polar surface area (TPSA) is 73.2 Å². The normalized spacial score (nSPS) is 10.9. The molecule has 3 rings (SSSR count). The summed E-state index contributed by atoms with van der Waals surface area (Å²) in [5, 5.41) is 8.71. The number of ether oxygens (including phenoxy) is 1. The van der Waals surface area contributed by atoms with Crippen LogP contribution in [0.4, 0.5) is 0 Å². The van der Waals surface area contributed by atoms with E-state index in [1.54, 1.807) is 13.2 Å². The first-order valence-corrected chi connectivity index (χ1v) is 8.97. The van der Waals surface area contributed by atoms with Gasteiger partial charge in [0.15, 0.2) is 0 Å². The van der Waals surface area contributed by atoms with Crippen molar-refractivity contribution in [1.82, 2.24) is 15.1 Å². The van der Waals surface area contributed by atoms with Gasteiger partial charge in [0.2, 0.25) is 5.91 Å². The van der Waals surface area contributed by atoms with Crippen LogP contribution < -0.4 is 10.9 Å². The number of hydrogen-bond acceptors (Lipinski definition) is 4. The lowest BCUT2D eigenvalue weighted by molar-refractivity contribution is -0.121. The predicted octanol–water partition coefficient (Wildman–Crippen LogP) is 2.29. The second-order valence-electron chi connectivity index (χ2n) is 6.28. The number of fused-ring (bicyclic) bond motifs is 1. The van der Waals surface area contributed by atoms with Gasteiger partial charge in [-0.3, -0.25) is 9.59 Å². The van der Waals surface area contributed by atoms with Gasteiger partial charge in [0.25, 0.3) is 5.56 Å². The van der Waals surface area contributed by atoms with Gasteiger partial charge in [0, 0.05) is 18.9 Å². The van der Waals surface area contributed by atoms with Crippen LogP contribution >= 0.6 is 0 Å². The Bertz CT molecular complexity index is 967. The fourth-order valence-electron chi connectivity index (χ4n) is 2.94. The number of carbonyl (C=O) groups excluding carboxylic acids is 1. The minimum Gasteiger partial charge on any atom is -0.383 e. The maximum atomic E-state index is 12.5. The molecule has 1 N–H and O–H groups in total. The monoisotopic (exact) mass is 365 g/mol. The average Bonchev–Trinajstić information content (AvgIpc) is 2.72. The lowest BCUT2D eigenvalue weighted by atomic mass is 10.1. The fraction of sp³-hybridized carbons (Fsp3) is 0.286. The molecule has 0 saturated heterocycles. The number of nitrogens with zero attached hydrogens (tertiary/aromatic N) is 2. The van der Waals surface area contributed by atoms with Gasteiger partial charge in [-0.15, -0.1) is 0 Å². The van der Waals surface area contributed by atoms with Crippen molar-refractivity contribution < 1.29 is 9.53 Å². The summed E-state index contributed by atoms with van der Waals surface area (Å²) < 4.78 is 6.46. The molecule has 0 aliphatic heterocycles. The molecule has 0 bridgehead atoms. The van der Waals surface area contributed by atoms with Crippen molar-refractivity contribution in [2.45, 2.75) is 25.9 Å². The molecule has 0 radical (unpaired) electrons. The van der Waals surface area contributed by atoms with Crippen LogP contribution in [0, 0.1) is 0 Å². The van der Waals surface area contributed by atoms with Crippen LogP contribution in [0.2, 0.25) is 0 Å². The summed E-state index contributed by atoms with van der Waals surface area (Å²) in [5.41, 5.74) is 1.65. The van der Waals surface area contributed by atoms with Crippen LogP contribution in [0.5, 0.6) is 0 Å². The molecule has 2 aromatic carbocycles. The molecule has 0 unspecified atom stereocenters. The first kappa shape index (κ1) is 18.8. The third-order valence-electron chi connectivity index (χ3n) is 4.39. The smallest absolute Gasteiger partial charge is 0.274 e. The maximum Gasteiger partial charge on any atom is 0.274 e. The highest BCUT2D eigenvalue weighted by Gasteiger charge is 2.11. The van der Waals surface area contributed by atoms with Gasteiger partial charge < -0.3 is 10.1 Å². The highest BCUT2D eigenvalue weighted by Crippen LogP contribution is 2.13. The number of aryl methyl sites for hydroxylation is 1. The van der Waals surface area contributed by atoms with Crippen molar-refractivity contribution >= 4 is 16.7 Å². The van der Waals surface area contributed by atoms with Crippen molar-refractivity contribution in [3.63, 3.8) is 0 Å². The zero-order chi connectivity index (χ0) is 19.1. The molecule has 1 heterocycles. The Morgan fingerprint density at radius 3 is 2.52 bits per heavy atom. The Morgan fingerprint density at radius 1 is 1.07 bits per heavy atom. The highest BCUT2D eigenvalue weighted by molar-refractivity contribution is 5.84. The second-order valence-corrected chi connectivity index (χ2v) is 6.28. The van der Waals surface area contributed by atoms with Gasteiger partial charge in [-0.25, -0.2) is 4.68 Å². The summed E-state index contributed by atoms with van der Waals surface area (Å²) >= 11 is 0. The van der Waals surface area contributed by atoms with E-state index in [0.29, 0.717) is 37.1 Å². The van der Waals surface area contributed by atoms with E-state index in [0.717, 1.165) is 10.9 Å². The lowest BCUT2D eigenvalue weighted by Gasteiger charge is -2.11. The largest absolute Gasteiger partial charge is 0.383 e. The number of nitrogens with one attached hydrogen (secondary N) is 1. The molecule has 6 nitrogen and oxygen atoms in total. The van der Waals surface area contributed by atoms with E-state index in [2.05, 4.69) is 10.4 Å². The number of amides is 1. The van der Waals surface area contributed by atoms with Crippen LogP contribution in [-0.2, 0) is 29.0 Å². The van der Waals surface area contributed by atoms with E-state index in [-0.39, 0.29) is 18.0 Å². The van der Waals surface area contributed by atoms with Gasteiger partial charge >= 0.3 is 0 Å². The Kier molecular flexibility index (Phi) is 6.33. The number of methoxy groups -OCH3 is 1. The quantitative estimate of drug-likeness (QED) is 0.665. The number of benzene rings is 2. The van der Waals surface area contributed by atoms with Gasteiger partial charge in [0.1, 0.15) is 0 Å². The maximum absolute atomic E-state index is 12.5. The van der Waals surface area contributed by atoms with Crippen LogP contribution in [0.3, 0.4) is 0 Å². The molecule has 1 amide bonds. The summed E-state index contributed by atoms with van der Waals surface area (Å²) in [6.07, 6.45) is 1.10. The van der Waals surface area contributed by atoms with Crippen LogP contribution in [-0.4, -0.2) is 29.4 Å². The minimum absolute atomic E-state index is 0.0422. The van der Waals surface area contributed by atoms with Gasteiger partial charge in [-0.05, 0) is 18.1 Å². The SMILES string of the molecule is COCCn1nc(CNC(=O)CCc2ccccc2)c2ccccc2c1=O. The molecule has 3 aromatic rings. The van der Waals surface area contributed by atoms with E-state index in [9.17, 15) is 9.59 Å². The number of rotatable bonds is 8. The molecule has 0 atom stereocenters. The summed E-state index contributed by atoms with van der Waals surface area (Å²) in [4.78, 5) is 24.8. The van der Waals surface area contributed by atoms with Crippen LogP contribution in [0.1, 0.15) is 17.7 Å². The minimum atomic E-state index is -0.151. The lowest BCUT2D eigenvalue weighted by Crippen LogP contribution is -2.29. The number of carbonyl (C=O) groups is 1. The van der Waals surface area contributed by atoms with Crippen LogP contribution in [0.15, 0.2) is 59.4 Å². The molecule has 1 aromatic heterocycles. The van der Waals surface area contributed by atoms with Crippen molar-refractivity contribution in [2.24, 2.45) is 0 Å². The molecule has 140 valence electrons. The van der Waals surface area contributed by atoms with Gasteiger partial charge in [-0.1, -0.05) is 48.5 Å². The number of aromatic nitrogens is 2. The summed E-state index contributed by atoms with van der Waals surface area (Å²) in [6, 6.07) is 17.2. The molecular weight excluding hydrogens is 342 g/mol. The molecule has 0 saturated carbocycles. The summed E-state index contributed by atoms with van der Waals surface area (Å²) in [5.74, 6) is -0.0422. The van der Waals surface area contributed by atoms with E-state index >= 15 is 0 Å². The van der Waals surface area contributed by atoms with Crippen molar-refractivity contribution in [3.8, 4) is 0 Å². The molecule has 0 aliphatic rings. The Hall–Kier alpha value is -2.99. The predicted molar refractivity (Wildman–Crippen MR) is 104 cm³/mol. The Balaban J connectivity index is 1.72. The van der Waals surface area contributed by atoms with Crippen molar-refractivity contribution in [1.29, 1.82) is 0 Å². The van der Waals surface area contributed by atoms with E-state index in [4.69, 9.17) is 4.74 Å². The number of hydrogen-bond donors (Lipinski definition) is 1. The first-order chi connectivity index (χ1) is 13.2. The van der Waals surface area contributed by atoms with Crippen molar-refractivity contribution in [2.75, 3.05) is 13.7 Å². The molecule has 27 heavy (non-hydrogen) atoms. The van der Waals surface area contributed by atoms with E-state index in [1.165, 1.54) is 4.68 Å².